The van der Waals surface area contributed by atoms with E-state index in [-0.39, 0.29) is 12.1 Å². The molecule has 9 aromatic heterocycles. The molecule has 90 heavy (non-hydrogen) atoms. The quantitative estimate of drug-likeness (QED) is 0.0323. The van der Waals surface area contributed by atoms with E-state index in [0.29, 0.717) is 62.8 Å². The lowest BCUT2D eigenvalue weighted by atomic mass is 10.1. The van der Waals surface area contributed by atoms with Crippen molar-refractivity contribution in [3.63, 3.8) is 0 Å². The molecule has 11 rings (SSSR count). The number of fused-ring (bicyclic) bond motifs is 3. The van der Waals surface area contributed by atoms with Gasteiger partial charge in [0.2, 0.25) is 11.8 Å². The number of aryl methyl sites for hydroxylation is 2. The number of rotatable bonds is 24. The molecule has 0 spiro atoms. The van der Waals surface area contributed by atoms with Gasteiger partial charge in [-0.3, -0.25) is 13.8 Å². The zero-order chi connectivity index (χ0) is 63.8. The maximum atomic E-state index is 5.91. The van der Waals surface area contributed by atoms with Gasteiger partial charge >= 0.3 is 0 Å². The molecule has 0 saturated carbocycles. The molecule has 0 saturated heterocycles. The SMILES string of the molecule is CCOc1ncccc1-c1cc(N(Cc2ccc(OC)cc2)Cc2nccc(NN)n2)c2c(n1)c(C)nn2C(C)C.CCOc1ncccc1-c1cc(N(Cc2ccc(OC)cc2)Cc2nccc3nncn23)c2c(n1)c(C)nn2C(C)C.COC(OC)OC. The molecule has 0 aliphatic heterocycles. The van der Waals surface area contributed by atoms with Crippen molar-refractivity contribution >= 4 is 44.9 Å². The van der Waals surface area contributed by atoms with Gasteiger partial charge in [-0.15, -0.1) is 10.2 Å². The summed E-state index contributed by atoms with van der Waals surface area (Å²) in [6.07, 6.45) is 8.62. The molecular weight excluding hydrogens is 1140 g/mol. The molecule has 0 aliphatic rings. The molecule has 3 N–H and O–H groups in total. The lowest BCUT2D eigenvalue weighted by molar-refractivity contribution is -0.252. The summed E-state index contributed by atoms with van der Waals surface area (Å²) < 4.78 is 42.4. The van der Waals surface area contributed by atoms with Crippen LogP contribution >= 0.6 is 0 Å². The van der Waals surface area contributed by atoms with Crippen molar-refractivity contribution in [2.75, 3.05) is 64.0 Å². The van der Waals surface area contributed by atoms with Crippen molar-refractivity contribution in [2.45, 2.75) is 100 Å². The second-order valence-corrected chi connectivity index (χ2v) is 21.1. The molecule has 0 bridgehead atoms. The smallest absolute Gasteiger partial charge is 0.270 e. The van der Waals surface area contributed by atoms with E-state index in [1.165, 1.54) is 21.3 Å². The van der Waals surface area contributed by atoms with Gasteiger partial charge < -0.3 is 48.4 Å². The number of nitrogens with one attached hydrogen (secondary N) is 1. The van der Waals surface area contributed by atoms with Crippen LogP contribution < -0.4 is 40.0 Å². The highest BCUT2D eigenvalue weighted by Gasteiger charge is 2.26. The first-order valence-electron chi connectivity index (χ1n) is 29.4. The number of hydrazine groups is 1. The molecular formula is C65H78N18O7. The molecule has 11 aromatic rings. The normalized spacial score (nSPS) is 11.3. The summed E-state index contributed by atoms with van der Waals surface area (Å²) in [7, 11) is 7.87. The molecule has 470 valence electrons. The zero-order valence-corrected chi connectivity index (χ0v) is 53.2. The van der Waals surface area contributed by atoms with Crippen LogP contribution in [0.25, 0.3) is 50.2 Å². The molecule has 9 heterocycles. The van der Waals surface area contributed by atoms with Crippen LogP contribution in [-0.2, 0) is 40.4 Å². The van der Waals surface area contributed by atoms with Gasteiger partial charge in [-0.2, -0.15) is 10.2 Å². The van der Waals surface area contributed by atoms with Gasteiger partial charge in [0.15, 0.2) is 5.65 Å². The summed E-state index contributed by atoms with van der Waals surface area (Å²) in [6.45, 7) is 18.9. The van der Waals surface area contributed by atoms with Gasteiger partial charge in [0.05, 0.1) is 85.8 Å². The molecule has 25 nitrogen and oxygen atoms in total. The minimum absolute atomic E-state index is 0.110. The van der Waals surface area contributed by atoms with Crippen LogP contribution in [0.4, 0.5) is 17.2 Å². The summed E-state index contributed by atoms with van der Waals surface area (Å²) in [4.78, 5) is 37.6. The molecule has 2 aromatic carbocycles. The largest absolute Gasteiger partial charge is 0.497 e. The fourth-order valence-electron chi connectivity index (χ4n) is 10.2. The Hall–Kier alpha value is -9.95. The molecule has 0 fully saturated rings. The number of benzene rings is 2. The fraction of sp³-hybridized carbons (Fsp3) is 0.338. The van der Waals surface area contributed by atoms with Crippen molar-refractivity contribution in [1.82, 2.24) is 69.0 Å². The Morgan fingerprint density at radius 1 is 0.556 bits per heavy atom. The van der Waals surface area contributed by atoms with Gasteiger partial charge in [0.1, 0.15) is 57.4 Å². The van der Waals surface area contributed by atoms with E-state index in [4.69, 9.17) is 49.9 Å². The molecule has 0 aliphatic carbocycles. The number of pyridine rings is 4. The highest BCUT2D eigenvalue weighted by Crippen LogP contribution is 2.40. The standard InChI is InChI=1S/C31H33N9O2.C30H35N9O2.C4H10O3/c1-6-42-31-24(8-7-14-33-31)25-16-26(30-29(35-25)21(4)37-40(30)20(2)3)38(17-22-9-11-23(41-5)12-10-22)18-28-32-15-13-27-36-34-19-39(27)28;1-6-41-30-23(8-7-14-33-30)24-16-25(29-28(34-24)20(4)37-39(29)19(2)3)38(17-21-9-11-22(40-5)12-10-21)18-27-32-15-13-26(35-27)36-31;1-5-4(6-2)7-3/h7-16,19-20H,6,17-18H2,1-5H3;7-16,19H,6,17-18,31H2,1-5H3,(H,32,35,36);4H,1-3H3. The number of hydrogen-bond acceptors (Lipinski definition) is 22. The highest BCUT2D eigenvalue weighted by atomic mass is 16.8. The second-order valence-electron chi connectivity index (χ2n) is 21.1. The summed E-state index contributed by atoms with van der Waals surface area (Å²) in [5, 5.41) is 18.2. The Kier molecular flexibility index (Phi) is 21.7. The van der Waals surface area contributed by atoms with Crippen LogP contribution in [0.1, 0.15) is 87.8 Å². The third-order valence-electron chi connectivity index (χ3n) is 14.4. The lowest BCUT2D eigenvalue weighted by Crippen LogP contribution is -2.25. The molecule has 25 heteroatoms. The minimum atomic E-state index is -0.514. The summed E-state index contributed by atoms with van der Waals surface area (Å²) in [6, 6.07) is 31.9. The van der Waals surface area contributed by atoms with Crippen molar-refractivity contribution < 1.29 is 33.2 Å². The Morgan fingerprint density at radius 3 is 1.49 bits per heavy atom. The Morgan fingerprint density at radius 2 is 1.04 bits per heavy atom. The summed E-state index contributed by atoms with van der Waals surface area (Å²) in [5.41, 5.74) is 15.8. The van der Waals surface area contributed by atoms with E-state index >= 15 is 0 Å². The van der Waals surface area contributed by atoms with E-state index in [1.54, 1.807) is 51.4 Å². The number of methoxy groups -OCH3 is 5. The Balaban J connectivity index is 0.000000193. The van der Waals surface area contributed by atoms with E-state index in [9.17, 15) is 0 Å². The highest BCUT2D eigenvalue weighted by molar-refractivity contribution is 5.95. The van der Waals surface area contributed by atoms with Crippen molar-refractivity contribution in [1.29, 1.82) is 0 Å². The first kappa shape index (κ1) is 64.5. The van der Waals surface area contributed by atoms with Crippen LogP contribution in [0.2, 0.25) is 0 Å². The predicted octanol–water partition coefficient (Wildman–Crippen LogP) is 10.7. The van der Waals surface area contributed by atoms with Crippen LogP contribution in [0.3, 0.4) is 0 Å². The number of nitrogens with zero attached hydrogens (tertiary/aromatic N) is 16. The average Bonchev–Trinajstić information content (AvgIpc) is 1.58. The topological polar surface area (TPSA) is 265 Å². The predicted molar refractivity (Wildman–Crippen MR) is 345 cm³/mol. The number of anilines is 3. The van der Waals surface area contributed by atoms with Crippen molar-refractivity contribution in [3.8, 4) is 45.8 Å². The molecule has 0 atom stereocenters. The number of nitrogens with two attached hydrogens (primary N) is 1. The Labute approximate surface area is 523 Å². The number of ether oxygens (including phenoxy) is 7. The third kappa shape index (κ3) is 15.0. The molecule has 0 unspecified atom stereocenters. The monoisotopic (exact) mass is 1220 g/mol. The second kappa shape index (κ2) is 30.3. The molecule has 0 radical (unpaired) electrons. The minimum Gasteiger partial charge on any atom is -0.497 e. The average molecular weight is 1220 g/mol. The fourth-order valence-corrected chi connectivity index (χ4v) is 10.2. The maximum absolute atomic E-state index is 5.91. The molecule has 0 amide bonds. The van der Waals surface area contributed by atoms with E-state index < -0.39 is 6.48 Å². The third-order valence-corrected chi connectivity index (χ3v) is 14.4. The lowest BCUT2D eigenvalue weighted by Gasteiger charge is -2.27. The van der Waals surface area contributed by atoms with E-state index in [2.05, 4.69) is 128 Å². The first-order valence-corrected chi connectivity index (χ1v) is 29.4. The van der Waals surface area contributed by atoms with Gasteiger partial charge in [-0.05, 0) is 127 Å². The number of hydrogen-bond donors (Lipinski definition) is 2. The van der Waals surface area contributed by atoms with Gasteiger partial charge in [-0.1, -0.05) is 24.3 Å². The summed E-state index contributed by atoms with van der Waals surface area (Å²) >= 11 is 0. The van der Waals surface area contributed by atoms with Gasteiger partial charge in [0, 0.05) is 83.4 Å². The van der Waals surface area contributed by atoms with Crippen LogP contribution in [0, 0.1) is 13.8 Å². The van der Waals surface area contributed by atoms with E-state index in [1.807, 2.05) is 91.4 Å². The zero-order valence-electron chi connectivity index (χ0n) is 53.2. The van der Waals surface area contributed by atoms with Crippen molar-refractivity contribution in [3.05, 3.63) is 162 Å². The van der Waals surface area contributed by atoms with Crippen molar-refractivity contribution in [2.24, 2.45) is 5.84 Å². The first-order chi connectivity index (χ1) is 43.7. The summed E-state index contributed by atoms with van der Waals surface area (Å²) in [5.74, 6) is 10.3. The van der Waals surface area contributed by atoms with Gasteiger partial charge in [-0.25, -0.2) is 40.7 Å². The number of nitrogen functional groups attached to an aromatic ring is 1. The van der Waals surface area contributed by atoms with Crippen LogP contribution in [0.15, 0.2) is 128 Å². The van der Waals surface area contributed by atoms with Crippen LogP contribution in [0.5, 0.6) is 23.3 Å². The van der Waals surface area contributed by atoms with Crippen LogP contribution in [-0.4, -0.2) is 124 Å². The number of aromatic nitrogens is 14. The van der Waals surface area contributed by atoms with E-state index in [0.717, 1.165) is 101 Å². The maximum Gasteiger partial charge on any atom is 0.270 e. The Bertz CT molecular complexity index is 4110. The van der Waals surface area contributed by atoms with Gasteiger partial charge in [0.25, 0.3) is 6.48 Å².